The molecule has 1 aromatic rings. The maximum Gasteiger partial charge on any atom is 0.257 e. The number of carbonyl (C=O) groups excluding carboxylic acids is 1. The Morgan fingerprint density at radius 3 is 2.78 bits per heavy atom. The number of nitrogens with zero attached hydrogens (tertiary/aromatic N) is 2. The molecular formula is C11H15N3O4. The molecule has 0 aliphatic heterocycles. The Labute approximate surface area is 104 Å². The molecule has 1 rings (SSSR count). The van der Waals surface area contributed by atoms with Crippen molar-refractivity contribution >= 4 is 11.7 Å². The van der Waals surface area contributed by atoms with Gasteiger partial charge in [-0.05, 0) is 18.2 Å². The summed E-state index contributed by atoms with van der Waals surface area (Å²) in [6.07, 6.45) is 0. The highest BCUT2D eigenvalue weighted by atomic mass is 16.5. The van der Waals surface area contributed by atoms with Crippen molar-refractivity contribution in [1.82, 2.24) is 4.90 Å². The van der Waals surface area contributed by atoms with Gasteiger partial charge in [0, 0.05) is 7.05 Å². The van der Waals surface area contributed by atoms with Gasteiger partial charge in [-0.25, -0.2) is 0 Å². The molecule has 0 aliphatic rings. The van der Waals surface area contributed by atoms with Crippen LogP contribution in [0.15, 0.2) is 23.4 Å². The highest BCUT2D eigenvalue weighted by Gasteiger charge is 2.17. The Morgan fingerprint density at radius 2 is 2.22 bits per heavy atom. The molecular weight excluding hydrogens is 238 g/mol. The van der Waals surface area contributed by atoms with Crippen LogP contribution in [0.5, 0.6) is 11.5 Å². The number of methoxy groups -OCH3 is 1. The lowest BCUT2D eigenvalue weighted by molar-refractivity contribution is 0.0810. The quantitative estimate of drug-likeness (QED) is 0.308. The first kappa shape index (κ1) is 13.6. The van der Waals surface area contributed by atoms with Crippen molar-refractivity contribution in [2.24, 2.45) is 10.9 Å². The fourth-order valence-electron chi connectivity index (χ4n) is 1.37. The number of aromatic hydroxyl groups is 1. The van der Waals surface area contributed by atoms with E-state index in [-0.39, 0.29) is 23.7 Å². The first-order valence-electron chi connectivity index (χ1n) is 5.08. The van der Waals surface area contributed by atoms with E-state index < -0.39 is 5.91 Å². The van der Waals surface area contributed by atoms with Crippen LogP contribution in [0.1, 0.15) is 10.4 Å². The van der Waals surface area contributed by atoms with Gasteiger partial charge in [0.2, 0.25) is 0 Å². The fraction of sp³-hybridized carbons (Fsp3) is 0.273. The largest absolute Gasteiger partial charge is 0.507 e. The molecule has 0 aromatic heterocycles. The molecule has 0 saturated carbocycles. The zero-order chi connectivity index (χ0) is 13.7. The lowest BCUT2D eigenvalue weighted by atomic mass is 10.1. The van der Waals surface area contributed by atoms with Gasteiger partial charge in [0.15, 0.2) is 5.84 Å². The summed E-state index contributed by atoms with van der Waals surface area (Å²) in [5, 5.41) is 20.8. The highest BCUT2D eigenvalue weighted by Crippen LogP contribution is 2.23. The molecule has 0 unspecified atom stereocenters. The number of phenols is 1. The topological polar surface area (TPSA) is 108 Å². The summed E-state index contributed by atoms with van der Waals surface area (Å²) in [6, 6.07) is 4.32. The van der Waals surface area contributed by atoms with Crippen LogP contribution >= 0.6 is 0 Å². The van der Waals surface area contributed by atoms with Crippen molar-refractivity contribution in [3.63, 3.8) is 0 Å². The Morgan fingerprint density at radius 1 is 1.56 bits per heavy atom. The maximum absolute atomic E-state index is 12.0. The van der Waals surface area contributed by atoms with Crippen LogP contribution in [0.2, 0.25) is 0 Å². The van der Waals surface area contributed by atoms with E-state index in [9.17, 15) is 9.90 Å². The minimum absolute atomic E-state index is 0.0496. The maximum atomic E-state index is 12.0. The summed E-state index contributed by atoms with van der Waals surface area (Å²) in [5.41, 5.74) is 5.39. The van der Waals surface area contributed by atoms with Gasteiger partial charge in [0.05, 0.1) is 19.2 Å². The third kappa shape index (κ3) is 3.03. The summed E-state index contributed by atoms with van der Waals surface area (Å²) in [7, 11) is 2.93. The predicted octanol–water partition coefficient (Wildman–Crippen LogP) is 0.219. The number of amidine groups is 1. The van der Waals surface area contributed by atoms with Crippen molar-refractivity contribution < 1.29 is 19.8 Å². The number of likely N-dealkylation sites (N-methyl/N-ethyl adjacent to an activating group) is 1. The molecule has 1 amide bonds. The molecule has 0 atom stereocenters. The van der Waals surface area contributed by atoms with E-state index in [2.05, 4.69) is 5.16 Å². The zero-order valence-electron chi connectivity index (χ0n) is 10.1. The van der Waals surface area contributed by atoms with Crippen LogP contribution in [0.3, 0.4) is 0 Å². The second-order valence-electron chi connectivity index (χ2n) is 3.64. The van der Waals surface area contributed by atoms with E-state index in [0.29, 0.717) is 5.75 Å². The predicted molar refractivity (Wildman–Crippen MR) is 65.0 cm³/mol. The number of oxime groups is 1. The molecule has 7 heteroatoms. The van der Waals surface area contributed by atoms with E-state index >= 15 is 0 Å². The van der Waals surface area contributed by atoms with E-state index in [4.69, 9.17) is 15.7 Å². The standard InChI is InChI=1S/C11H15N3O4/c1-14(6-10(12)13-17)11(16)8-5-7(18-2)3-4-9(8)15/h3-5,15,17H,6H2,1-2H3,(H2,12,13). The van der Waals surface area contributed by atoms with Crippen molar-refractivity contribution in [3.05, 3.63) is 23.8 Å². The summed E-state index contributed by atoms with van der Waals surface area (Å²) in [5.74, 6) is -0.272. The fourth-order valence-corrected chi connectivity index (χ4v) is 1.37. The van der Waals surface area contributed by atoms with Crippen LogP contribution in [-0.2, 0) is 0 Å². The van der Waals surface area contributed by atoms with Gasteiger partial charge in [0.25, 0.3) is 5.91 Å². The molecule has 0 heterocycles. The Bertz CT molecular complexity index is 473. The average molecular weight is 253 g/mol. The van der Waals surface area contributed by atoms with Gasteiger partial charge in [-0.3, -0.25) is 4.79 Å². The van der Waals surface area contributed by atoms with Crippen LogP contribution in [0.4, 0.5) is 0 Å². The highest BCUT2D eigenvalue weighted by molar-refractivity contribution is 5.99. The molecule has 4 N–H and O–H groups in total. The molecule has 0 aliphatic carbocycles. The Balaban J connectivity index is 2.95. The number of carbonyl (C=O) groups is 1. The van der Waals surface area contributed by atoms with Gasteiger partial charge >= 0.3 is 0 Å². The van der Waals surface area contributed by atoms with Gasteiger partial charge < -0.3 is 25.7 Å². The van der Waals surface area contributed by atoms with Crippen LogP contribution in [0, 0.1) is 0 Å². The monoisotopic (exact) mass is 253 g/mol. The molecule has 18 heavy (non-hydrogen) atoms. The number of hydrogen-bond acceptors (Lipinski definition) is 5. The van der Waals surface area contributed by atoms with Crippen molar-refractivity contribution in [2.45, 2.75) is 0 Å². The summed E-state index contributed by atoms with van der Waals surface area (Å²) in [6.45, 7) is -0.0496. The van der Waals surface area contributed by atoms with Gasteiger partial charge in [-0.15, -0.1) is 0 Å². The smallest absolute Gasteiger partial charge is 0.257 e. The molecule has 1 aromatic carbocycles. The lowest BCUT2D eigenvalue weighted by Gasteiger charge is -2.17. The first-order chi connectivity index (χ1) is 8.49. The van der Waals surface area contributed by atoms with E-state index in [0.717, 1.165) is 0 Å². The van der Waals surface area contributed by atoms with Crippen molar-refractivity contribution in [2.75, 3.05) is 20.7 Å². The van der Waals surface area contributed by atoms with Gasteiger partial charge in [0.1, 0.15) is 11.5 Å². The van der Waals surface area contributed by atoms with Crippen LogP contribution in [-0.4, -0.2) is 47.7 Å². The molecule has 0 bridgehead atoms. The first-order valence-corrected chi connectivity index (χ1v) is 5.08. The zero-order valence-corrected chi connectivity index (χ0v) is 10.1. The van der Waals surface area contributed by atoms with Gasteiger partial charge in [-0.1, -0.05) is 5.16 Å². The average Bonchev–Trinajstić information content (AvgIpc) is 2.38. The van der Waals surface area contributed by atoms with Crippen molar-refractivity contribution in [3.8, 4) is 11.5 Å². The number of amides is 1. The molecule has 0 saturated heterocycles. The second kappa shape index (κ2) is 5.76. The number of benzene rings is 1. The number of ether oxygens (including phenoxy) is 1. The normalized spacial score (nSPS) is 11.1. The molecule has 98 valence electrons. The Hall–Kier alpha value is -2.44. The van der Waals surface area contributed by atoms with Gasteiger partial charge in [-0.2, -0.15) is 0 Å². The number of rotatable bonds is 4. The SMILES string of the molecule is COc1ccc(O)c(C(=O)N(C)CC(N)=NO)c1. The molecule has 0 radical (unpaired) electrons. The summed E-state index contributed by atoms with van der Waals surface area (Å²) < 4.78 is 4.97. The number of hydrogen-bond donors (Lipinski definition) is 3. The van der Waals surface area contributed by atoms with E-state index in [1.807, 2.05) is 0 Å². The summed E-state index contributed by atoms with van der Waals surface area (Å²) in [4.78, 5) is 13.2. The minimum atomic E-state index is -0.460. The second-order valence-corrected chi connectivity index (χ2v) is 3.64. The number of phenolic OH excluding ortho intramolecular Hbond substituents is 1. The third-order valence-corrected chi connectivity index (χ3v) is 2.31. The lowest BCUT2D eigenvalue weighted by Crippen LogP contribution is -2.35. The Kier molecular flexibility index (Phi) is 4.36. The van der Waals surface area contributed by atoms with Crippen LogP contribution < -0.4 is 10.5 Å². The minimum Gasteiger partial charge on any atom is -0.507 e. The van der Waals surface area contributed by atoms with E-state index in [1.165, 1.54) is 37.3 Å². The third-order valence-electron chi connectivity index (χ3n) is 2.31. The molecule has 0 fully saturated rings. The van der Waals surface area contributed by atoms with Crippen LogP contribution in [0.25, 0.3) is 0 Å². The summed E-state index contributed by atoms with van der Waals surface area (Å²) >= 11 is 0. The van der Waals surface area contributed by atoms with Crippen molar-refractivity contribution in [1.29, 1.82) is 0 Å². The van der Waals surface area contributed by atoms with E-state index in [1.54, 1.807) is 0 Å². The number of nitrogens with two attached hydrogens (primary N) is 1. The molecule has 7 nitrogen and oxygen atoms in total. The molecule has 0 spiro atoms.